The molecule has 0 bridgehead atoms. The summed E-state index contributed by atoms with van der Waals surface area (Å²) in [7, 11) is 0. The number of ether oxygens (including phenoxy) is 2. The normalized spacial score (nSPS) is 19.5. The van der Waals surface area contributed by atoms with Crippen LogP contribution in [0.1, 0.15) is 22.5 Å². The third kappa shape index (κ3) is 4.80. The molecule has 1 aliphatic rings. The second kappa shape index (κ2) is 8.44. The highest BCUT2D eigenvalue weighted by Gasteiger charge is 2.29. The van der Waals surface area contributed by atoms with Gasteiger partial charge < -0.3 is 20.5 Å². The predicted octanol–water partition coefficient (Wildman–Crippen LogP) is 1.08. The summed E-state index contributed by atoms with van der Waals surface area (Å²) in [6.07, 6.45) is 2.31. The Labute approximate surface area is 151 Å². The smallest absolute Gasteiger partial charge is 0.248 e. The predicted molar refractivity (Wildman–Crippen MR) is 94.7 cm³/mol. The molecule has 1 aromatic carbocycles. The number of rotatable bonds is 6. The Bertz CT molecular complexity index is 749. The number of nitrogens with two attached hydrogens (primary N) is 1. The lowest BCUT2D eigenvalue weighted by Gasteiger charge is -2.32. The van der Waals surface area contributed by atoms with Crippen LogP contribution >= 0.6 is 0 Å². The average molecular weight is 355 g/mol. The molecule has 26 heavy (non-hydrogen) atoms. The van der Waals surface area contributed by atoms with Crippen LogP contribution in [-0.2, 0) is 16.0 Å². The van der Waals surface area contributed by atoms with Gasteiger partial charge in [-0.1, -0.05) is 6.07 Å². The van der Waals surface area contributed by atoms with Gasteiger partial charge in [-0.15, -0.1) is 0 Å². The van der Waals surface area contributed by atoms with Gasteiger partial charge >= 0.3 is 0 Å². The fourth-order valence-electron chi connectivity index (χ4n) is 2.79. The van der Waals surface area contributed by atoms with Gasteiger partial charge in [0.05, 0.1) is 25.7 Å². The van der Waals surface area contributed by atoms with Crippen molar-refractivity contribution in [3.63, 3.8) is 0 Å². The lowest BCUT2D eigenvalue weighted by atomic mass is 10.1. The molecule has 1 aromatic heterocycles. The van der Waals surface area contributed by atoms with E-state index in [0.717, 1.165) is 0 Å². The maximum absolute atomic E-state index is 12.3. The topological polar surface area (TPSA) is 104 Å². The van der Waals surface area contributed by atoms with E-state index in [0.29, 0.717) is 36.6 Å². The Balaban J connectivity index is 1.60. The number of benzene rings is 1. The Hall–Kier alpha value is -2.93. The molecule has 1 fully saturated rings. The molecule has 0 unspecified atom stereocenters. The number of amides is 2. The number of carbonyl (C=O) groups is 2. The molecule has 2 atom stereocenters. The van der Waals surface area contributed by atoms with E-state index in [2.05, 4.69) is 10.3 Å². The summed E-state index contributed by atoms with van der Waals surface area (Å²) in [5.41, 5.74) is 6.37. The minimum Gasteiger partial charge on any atom is -0.488 e. The lowest BCUT2D eigenvalue weighted by Crippen LogP contribution is -2.52. The van der Waals surface area contributed by atoms with E-state index in [1.165, 1.54) is 0 Å². The number of nitrogens with zero attached hydrogens (tertiary/aromatic N) is 1. The fraction of sp³-hybridized carbons (Fsp3) is 0.316. The van der Waals surface area contributed by atoms with Gasteiger partial charge in [0, 0.05) is 23.9 Å². The first-order valence-electron chi connectivity index (χ1n) is 8.45. The summed E-state index contributed by atoms with van der Waals surface area (Å²) >= 11 is 0. The van der Waals surface area contributed by atoms with Crippen LogP contribution in [0.2, 0.25) is 0 Å². The summed E-state index contributed by atoms with van der Waals surface area (Å²) in [4.78, 5) is 27.6. The van der Waals surface area contributed by atoms with E-state index in [1.807, 2.05) is 18.2 Å². The van der Waals surface area contributed by atoms with Crippen molar-refractivity contribution in [1.29, 1.82) is 0 Å². The fourth-order valence-corrected chi connectivity index (χ4v) is 2.79. The van der Waals surface area contributed by atoms with Crippen LogP contribution in [0.25, 0.3) is 0 Å². The van der Waals surface area contributed by atoms with Gasteiger partial charge in [0.1, 0.15) is 11.9 Å². The summed E-state index contributed by atoms with van der Waals surface area (Å²) in [5, 5.41) is 2.96. The van der Waals surface area contributed by atoms with Crippen molar-refractivity contribution in [2.45, 2.75) is 25.0 Å². The van der Waals surface area contributed by atoms with Crippen molar-refractivity contribution in [2.24, 2.45) is 5.73 Å². The largest absolute Gasteiger partial charge is 0.488 e. The van der Waals surface area contributed by atoms with Gasteiger partial charge in [-0.2, -0.15) is 0 Å². The van der Waals surface area contributed by atoms with E-state index >= 15 is 0 Å². The van der Waals surface area contributed by atoms with E-state index < -0.39 is 5.91 Å². The van der Waals surface area contributed by atoms with Crippen molar-refractivity contribution in [3.8, 4) is 5.75 Å². The van der Waals surface area contributed by atoms with Crippen LogP contribution in [-0.4, -0.2) is 42.2 Å². The number of aromatic nitrogens is 1. The molecular formula is C19H21N3O4. The zero-order valence-electron chi connectivity index (χ0n) is 14.3. The quantitative estimate of drug-likeness (QED) is 0.807. The van der Waals surface area contributed by atoms with Crippen LogP contribution in [0.5, 0.6) is 5.75 Å². The van der Waals surface area contributed by atoms with Crippen LogP contribution in [0.4, 0.5) is 0 Å². The van der Waals surface area contributed by atoms with Gasteiger partial charge in [-0.25, -0.2) is 0 Å². The number of nitrogens with one attached hydrogen (secondary N) is 1. The van der Waals surface area contributed by atoms with E-state index in [9.17, 15) is 9.59 Å². The molecule has 1 saturated heterocycles. The number of primary amides is 1. The molecule has 0 spiro atoms. The highest BCUT2D eigenvalue weighted by atomic mass is 16.5. The monoisotopic (exact) mass is 355 g/mol. The summed E-state index contributed by atoms with van der Waals surface area (Å²) < 4.78 is 11.5. The average Bonchev–Trinajstić information content (AvgIpc) is 2.64. The molecule has 2 amide bonds. The number of pyridine rings is 1. The maximum atomic E-state index is 12.3. The lowest BCUT2D eigenvalue weighted by molar-refractivity contribution is -0.123. The molecule has 1 aliphatic heterocycles. The van der Waals surface area contributed by atoms with Crippen molar-refractivity contribution in [1.82, 2.24) is 10.3 Å². The molecule has 3 N–H and O–H groups in total. The molecule has 3 rings (SSSR count). The SMILES string of the molecule is NC(=O)c1ccc(O[C@@H]2CCOC[C@H]2NC(=O)Cc2ccccn2)cc1. The van der Waals surface area contributed by atoms with Crippen LogP contribution < -0.4 is 15.8 Å². The second-order valence-corrected chi connectivity index (χ2v) is 6.08. The summed E-state index contributed by atoms with van der Waals surface area (Å²) in [6, 6.07) is 11.8. The van der Waals surface area contributed by atoms with E-state index in [-0.39, 0.29) is 24.5 Å². The third-order valence-electron chi connectivity index (χ3n) is 4.13. The first-order valence-corrected chi connectivity index (χ1v) is 8.45. The second-order valence-electron chi connectivity index (χ2n) is 6.08. The minimum atomic E-state index is -0.484. The molecule has 0 aliphatic carbocycles. The van der Waals surface area contributed by atoms with Gasteiger partial charge in [-0.3, -0.25) is 14.6 Å². The highest BCUT2D eigenvalue weighted by molar-refractivity contribution is 5.92. The Morgan fingerprint density at radius 1 is 1.23 bits per heavy atom. The number of carbonyl (C=O) groups excluding carboxylic acids is 2. The Morgan fingerprint density at radius 2 is 2.04 bits per heavy atom. The third-order valence-corrected chi connectivity index (χ3v) is 4.13. The van der Waals surface area contributed by atoms with Gasteiger partial charge in [0.15, 0.2) is 0 Å². The van der Waals surface area contributed by atoms with Crippen molar-refractivity contribution >= 4 is 11.8 Å². The molecule has 0 radical (unpaired) electrons. The number of hydrogen-bond donors (Lipinski definition) is 2. The van der Waals surface area contributed by atoms with Gasteiger partial charge in [0.25, 0.3) is 0 Å². The zero-order chi connectivity index (χ0) is 18.4. The van der Waals surface area contributed by atoms with E-state index in [1.54, 1.807) is 30.5 Å². The molecule has 7 nitrogen and oxygen atoms in total. The van der Waals surface area contributed by atoms with Crippen molar-refractivity contribution in [3.05, 3.63) is 59.9 Å². The standard InChI is InChI=1S/C19H21N3O4/c20-19(24)13-4-6-15(7-5-13)26-17-8-10-25-12-16(17)22-18(23)11-14-3-1-2-9-21-14/h1-7,9,16-17H,8,10-12H2,(H2,20,24)(H,22,23)/t16-,17-/m1/s1. The summed E-state index contributed by atoms with van der Waals surface area (Å²) in [5.74, 6) is 0.00466. The molecule has 2 heterocycles. The Kier molecular flexibility index (Phi) is 5.80. The highest BCUT2D eigenvalue weighted by Crippen LogP contribution is 2.19. The Morgan fingerprint density at radius 3 is 2.73 bits per heavy atom. The van der Waals surface area contributed by atoms with Crippen molar-refractivity contribution < 1.29 is 19.1 Å². The molecule has 0 saturated carbocycles. The van der Waals surface area contributed by atoms with Gasteiger partial charge in [0.2, 0.25) is 11.8 Å². The van der Waals surface area contributed by atoms with Crippen LogP contribution in [0, 0.1) is 0 Å². The minimum absolute atomic E-state index is 0.128. The van der Waals surface area contributed by atoms with E-state index in [4.69, 9.17) is 15.2 Å². The molecular weight excluding hydrogens is 334 g/mol. The first-order chi connectivity index (χ1) is 12.6. The number of hydrogen-bond acceptors (Lipinski definition) is 5. The molecule has 7 heteroatoms. The maximum Gasteiger partial charge on any atom is 0.248 e. The van der Waals surface area contributed by atoms with Crippen LogP contribution in [0.15, 0.2) is 48.7 Å². The zero-order valence-corrected chi connectivity index (χ0v) is 14.3. The molecule has 136 valence electrons. The summed E-state index contributed by atoms with van der Waals surface area (Å²) in [6.45, 7) is 0.953. The van der Waals surface area contributed by atoms with Gasteiger partial charge in [-0.05, 0) is 36.4 Å². The van der Waals surface area contributed by atoms with Crippen LogP contribution in [0.3, 0.4) is 0 Å². The van der Waals surface area contributed by atoms with Crippen molar-refractivity contribution in [2.75, 3.05) is 13.2 Å². The first kappa shape index (κ1) is 17.9. The molecule has 2 aromatic rings.